The van der Waals surface area contributed by atoms with Crippen LogP contribution in [0, 0.1) is 5.92 Å². The molecule has 4 fully saturated rings. The minimum Gasteiger partial charge on any atom is -0.494 e. The maximum Gasteiger partial charge on any atom is 0.255 e. The summed E-state index contributed by atoms with van der Waals surface area (Å²) in [6.07, 6.45) is 5.72. The summed E-state index contributed by atoms with van der Waals surface area (Å²) in [6, 6.07) is 19.2. The third-order valence-electron chi connectivity index (χ3n) is 13.6. The number of carbonyl (C=O) groups excluding carboxylic acids is 4. The van der Waals surface area contributed by atoms with Gasteiger partial charge in [0.15, 0.2) is 5.82 Å². The average molecular weight is 923 g/mol. The fourth-order valence-electron chi connectivity index (χ4n) is 9.99. The van der Waals surface area contributed by atoms with Gasteiger partial charge in [-0.05, 0) is 93.5 Å². The topological polar surface area (TPSA) is 173 Å². The molecule has 6 heterocycles. The number of anilines is 6. The second-order valence-electron chi connectivity index (χ2n) is 18.0. The molecule has 65 heavy (non-hydrogen) atoms. The van der Waals surface area contributed by atoms with Gasteiger partial charge in [-0.15, -0.1) is 0 Å². The summed E-state index contributed by atoms with van der Waals surface area (Å²) in [5.41, 5.74) is 5.00. The van der Waals surface area contributed by atoms with E-state index in [1.807, 2.05) is 54.6 Å². The molecule has 3 aromatic carbocycles. The zero-order chi connectivity index (χ0) is 45.4. The highest BCUT2D eigenvalue weighted by molar-refractivity contribution is 7.70. The van der Waals surface area contributed by atoms with Gasteiger partial charge in [0.25, 0.3) is 5.91 Å². The van der Waals surface area contributed by atoms with Gasteiger partial charge >= 0.3 is 0 Å². The number of hydrogen-bond acceptors (Lipinski definition) is 13. The van der Waals surface area contributed by atoms with E-state index in [2.05, 4.69) is 51.6 Å². The Hall–Kier alpha value is -5.70. The van der Waals surface area contributed by atoms with Gasteiger partial charge in [-0.3, -0.25) is 29.4 Å². The van der Waals surface area contributed by atoms with Gasteiger partial charge in [0.2, 0.25) is 23.7 Å². The van der Waals surface area contributed by atoms with Gasteiger partial charge in [-0.2, -0.15) is 4.98 Å². The van der Waals surface area contributed by atoms with Crippen LogP contribution in [0.15, 0.2) is 66.9 Å². The molecule has 0 spiro atoms. The monoisotopic (exact) mass is 922 g/mol. The number of piperidine rings is 3. The number of benzene rings is 3. The Kier molecular flexibility index (Phi) is 12.8. The van der Waals surface area contributed by atoms with Crippen molar-refractivity contribution in [2.75, 3.05) is 93.2 Å². The zero-order valence-corrected chi connectivity index (χ0v) is 38.7. The molecule has 5 aliphatic rings. The van der Waals surface area contributed by atoms with Crippen LogP contribution >= 0.6 is 18.7 Å². The highest BCUT2D eigenvalue weighted by Gasteiger charge is 2.40. The number of piperazine rings is 1. The Bertz CT molecular complexity index is 2530. The summed E-state index contributed by atoms with van der Waals surface area (Å²) >= 11 is 6.49. The molecule has 5 aliphatic heterocycles. The predicted octanol–water partition coefficient (Wildman–Crippen LogP) is 5.66. The molecule has 4 saturated heterocycles. The van der Waals surface area contributed by atoms with Crippen LogP contribution in [0.5, 0.6) is 5.75 Å². The largest absolute Gasteiger partial charge is 0.494 e. The molecular weight excluding hydrogens is 867 g/mol. The van der Waals surface area contributed by atoms with Gasteiger partial charge in [-0.25, -0.2) is 4.98 Å². The van der Waals surface area contributed by atoms with Crippen molar-refractivity contribution >= 4 is 82.2 Å². The maximum absolute atomic E-state index is 13.8. The first kappa shape index (κ1) is 44.5. The van der Waals surface area contributed by atoms with Crippen LogP contribution < -0.4 is 35.8 Å². The lowest BCUT2D eigenvalue weighted by Gasteiger charge is -2.44. The smallest absolute Gasteiger partial charge is 0.255 e. The number of nitrogens with zero attached hydrogens (tertiary/aromatic N) is 7. The second kappa shape index (κ2) is 18.7. The average Bonchev–Trinajstić information content (AvgIpc) is 3.64. The van der Waals surface area contributed by atoms with Gasteiger partial charge in [0.1, 0.15) is 24.0 Å². The Morgan fingerprint density at radius 3 is 2.23 bits per heavy atom. The summed E-state index contributed by atoms with van der Waals surface area (Å²) < 4.78 is 18.8. The Morgan fingerprint density at radius 2 is 1.52 bits per heavy atom. The lowest BCUT2D eigenvalue weighted by atomic mass is 9.94. The molecule has 3 N–H and O–H groups in total. The van der Waals surface area contributed by atoms with E-state index in [1.54, 1.807) is 25.3 Å². The van der Waals surface area contributed by atoms with Crippen molar-refractivity contribution in [3.63, 3.8) is 0 Å². The number of nitrogens with one attached hydrogen (secondary N) is 3. The van der Waals surface area contributed by atoms with Crippen LogP contribution in [-0.4, -0.2) is 133 Å². The first-order chi connectivity index (χ1) is 31.3. The van der Waals surface area contributed by atoms with Crippen LogP contribution in [0.1, 0.15) is 54.4 Å². The number of amides is 4. The van der Waals surface area contributed by atoms with Crippen LogP contribution in [-0.2, 0) is 25.5 Å². The van der Waals surface area contributed by atoms with E-state index in [4.69, 9.17) is 16.3 Å². The maximum atomic E-state index is 13.8. The third kappa shape index (κ3) is 9.52. The zero-order valence-electron chi connectivity index (χ0n) is 37.1. The van der Waals surface area contributed by atoms with E-state index in [0.717, 1.165) is 95.0 Å². The van der Waals surface area contributed by atoms with Crippen LogP contribution in [0.2, 0.25) is 5.02 Å². The molecule has 0 radical (unpaired) electrons. The third-order valence-corrected chi connectivity index (χ3v) is 15.4. The fourth-order valence-corrected chi connectivity index (χ4v) is 11.3. The van der Waals surface area contributed by atoms with Gasteiger partial charge in [0, 0.05) is 106 Å². The van der Waals surface area contributed by atoms with E-state index in [0.29, 0.717) is 63.8 Å². The molecule has 1 atom stereocenters. The number of fused-ring (bicyclic) bond motifs is 1. The summed E-state index contributed by atoms with van der Waals surface area (Å²) in [4.78, 5) is 71.0. The summed E-state index contributed by atoms with van der Waals surface area (Å²) in [7, 11) is -0.913. The number of rotatable bonds is 11. The molecule has 1 aromatic heterocycles. The van der Waals surface area contributed by atoms with Crippen molar-refractivity contribution in [1.82, 2.24) is 30.0 Å². The Balaban J connectivity index is 0.731. The van der Waals surface area contributed by atoms with Gasteiger partial charge < -0.3 is 39.5 Å². The lowest BCUT2D eigenvalue weighted by Crippen LogP contribution is -2.55. The number of carbonyl (C=O) groups is 4. The minimum absolute atomic E-state index is 0.000761. The van der Waals surface area contributed by atoms with Crippen molar-refractivity contribution in [3.05, 3.63) is 83.0 Å². The minimum atomic E-state index is -2.56. The quantitative estimate of drug-likeness (QED) is 0.124. The van der Waals surface area contributed by atoms with Crippen molar-refractivity contribution in [2.24, 2.45) is 5.92 Å². The van der Waals surface area contributed by atoms with E-state index in [9.17, 15) is 23.7 Å². The van der Waals surface area contributed by atoms with E-state index in [1.165, 1.54) is 6.20 Å². The van der Waals surface area contributed by atoms with Crippen molar-refractivity contribution in [1.29, 1.82) is 0 Å². The molecule has 4 amide bonds. The highest BCUT2D eigenvalue weighted by Crippen LogP contribution is 2.39. The van der Waals surface area contributed by atoms with E-state index in [-0.39, 0.29) is 30.1 Å². The summed E-state index contributed by atoms with van der Waals surface area (Å²) in [5, 5.41) is 9.94. The number of aromatic nitrogens is 2. The molecule has 0 aliphatic carbocycles. The standard InChI is InChI=1S/C47H56ClN10O6P/c1-64-40-27-34(9-11-37(40)51-47-49-28-36(48)43(53-47)50-38-6-4-5-7-41(38)65(2,3)63)55-20-16-32(17-21-55)56-22-24-57(25-23-56)45(61)30-14-18-54(19-15-30)33-8-10-35-31(26-33)29-58(46(35)62)39-12-13-42(59)52-44(39)60/h4-11,26-28,30,32,39H,12-25,29H2,1-3H3,(H,52,59,60)(H2,49,50,51,53). The number of hydrogen-bond donors (Lipinski definition) is 3. The number of ether oxygens (including phenoxy) is 1. The molecule has 4 aromatic rings. The van der Waals surface area contributed by atoms with Crippen molar-refractivity contribution < 1.29 is 28.5 Å². The molecule has 0 saturated carbocycles. The normalized spacial score (nSPS) is 20.2. The predicted molar refractivity (Wildman–Crippen MR) is 253 cm³/mol. The molecule has 18 heteroatoms. The fraction of sp³-hybridized carbons (Fsp3) is 0.447. The van der Waals surface area contributed by atoms with E-state index < -0.39 is 19.1 Å². The summed E-state index contributed by atoms with van der Waals surface area (Å²) in [6.45, 7) is 10.4. The van der Waals surface area contributed by atoms with Crippen molar-refractivity contribution in [2.45, 2.75) is 57.2 Å². The lowest BCUT2D eigenvalue weighted by molar-refractivity contribution is -0.139. The SMILES string of the molecule is COc1cc(N2CCC(N3CCN(C(=O)C4CCN(c5ccc6c(c5)CN(C5CCC(=O)NC5=O)C6=O)CC4)CC3)CC2)ccc1Nc1ncc(Cl)c(Nc2ccccc2P(C)(C)=O)n1. The Morgan fingerprint density at radius 1 is 0.831 bits per heavy atom. The molecule has 9 rings (SSSR count). The second-order valence-corrected chi connectivity index (χ2v) is 21.6. The van der Waals surface area contributed by atoms with Crippen molar-refractivity contribution in [3.8, 4) is 5.75 Å². The molecule has 16 nitrogen and oxygen atoms in total. The number of halogens is 1. The molecule has 0 bridgehead atoms. The summed E-state index contributed by atoms with van der Waals surface area (Å²) in [5.74, 6) is 0.776. The molecule has 1 unspecified atom stereocenters. The van der Waals surface area contributed by atoms with Crippen LogP contribution in [0.3, 0.4) is 0 Å². The molecule has 342 valence electrons. The highest BCUT2D eigenvalue weighted by atomic mass is 35.5. The number of methoxy groups -OCH3 is 1. The van der Waals surface area contributed by atoms with Crippen LogP contribution in [0.25, 0.3) is 0 Å². The van der Waals surface area contributed by atoms with E-state index >= 15 is 0 Å². The number of imide groups is 1. The van der Waals surface area contributed by atoms with Gasteiger partial charge in [0.05, 0.1) is 24.7 Å². The first-order valence-corrected chi connectivity index (χ1v) is 25.5. The van der Waals surface area contributed by atoms with Gasteiger partial charge in [-0.1, -0.05) is 23.7 Å². The number of para-hydroxylation sites is 1. The molecular formula is C47H56ClN10O6P. The van der Waals surface area contributed by atoms with Crippen LogP contribution in [0.4, 0.5) is 34.5 Å². The Labute approximate surface area is 384 Å². The first-order valence-electron chi connectivity index (χ1n) is 22.5.